The number of aliphatic hydroxyl groups is 1. The number of fused-ring (bicyclic) bond motifs is 1. The Morgan fingerprint density at radius 1 is 1.47 bits per heavy atom. The van der Waals surface area contributed by atoms with Crippen LogP contribution in [0.5, 0.6) is 0 Å². The lowest BCUT2D eigenvalue weighted by Gasteiger charge is -2.14. The van der Waals surface area contributed by atoms with Crippen molar-refractivity contribution >= 4 is 17.0 Å². The van der Waals surface area contributed by atoms with Gasteiger partial charge in [-0.25, -0.2) is 15.0 Å². The van der Waals surface area contributed by atoms with E-state index in [9.17, 15) is 5.11 Å². The normalized spacial score (nSPS) is 27.2. The van der Waals surface area contributed by atoms with E-state index in [4.69, 9.17) is 10.5 Å². The van der Waals surface area contributed by atoms with Gasteiger partial charge in [0.25, 0.3) is 0 Å². The number of nitrogens with zero attached hydrogens (tertiary/aromatic N) is 4. The molecule has 101 valence electrons. The van der Waals surface area contributed by atoms with Crippen LogP contribution >= 0.6 is 0 Å². The summed E-state index contributed by atoms with van der Waals surface area (Å²) in [6.45, 7) is 3.79. The molecule has 0 bridgehead atoms. The number of imidazole rings is 1. The zero-order chi connectivity index (χ0) is 13.4. The Kier molecular flexibility index (Phi) is 3.08. The average Bonchev–Trinajstić information content (AvgIpc) is 2.95. The zero-order valence-electron chi connectivity index (χ0n) is 10.4. The standard InChI is InChI=1S/C12H16N5O2/c1-2-3-8-7(18)4-9(19-8)17-6-16-10-11(13)14-5-15-12(10)17/h5-9,18H,1-4H2,(H2,13,14,15)/t7?,8-,9-/m1/s1. The Balaban J connectivity index is 1.91. The molecule has 2 aromatic rings. The maximum Gasteiger partial charge on any atom is 0.167 e. The number of anilines is 1. The molecule has 19 heavy (non-hydrogen) atoms. The molecule has 3 N–H and O–H groups in total. The minimum Gasteiger partial charge on any atom is -0.390 e. The first-order valence-electron chi connectivity index (χ1n) is 6.26. The number of rotatable bonds is 3. The van der Waals surface area contributed by atoms with E-state index in [1.54, 1.807) is 10.9 Å². The predicted molar refractivity (Wildman–Crippen MR) is 68.9 cm³/mol. The van der Waals surface area contributed by atoms with Crippen molar-refractivity contribution in [3.05, 3.63) is 19.6 Å². The second kappa shape index (κ2) is 4.75. The maximum atomic E-state index is 9.97. The highest BCUT2D eigenvalue weighted by molar-refractivity contribution is 5.81. The monoisotopic (exact) mass is 262 g/mol. The predicted octanol–water partition coefficient (Wildman–Crippen LogP) is 0.671. The fraction of sp³-hybridized carbons (Fsp3) is 0.500. The van der Waals surface area contributed by atoms with E-state index < -0.39 is 6.10 Å². The first-order chi connectivity index (χ1) is 9.20. The molecule has 0 spiro atoms. The molecule has 3 rings (SSSR count). The summed E-state index contributed by atoms with van der Waals surface area (Å²) in [5, 5.41) is 9.97. The molecule has 3 heterocycles. The number of aromatic nitrogens is 4. The van der Waals surface area contributed by atoms with Gasteiger partial charge < -0.3 is 15.6 Å². The molecular weight excluding hydrogens is 246 g/mol. The molecule has 7 nitrogen and oxygen atoms in total. The minimum absolute atomic E-state index is 0.181. The van der Waals surface area contributed by atoms with Crippen LogP contribution in [0.4, 0.5) is 5.82 Å². The zero-order valence-corrected chi connectivity index (χ0v) is 10.4. The highest BCUT2D eigenvalue weighted by Gasteiger charge is 2.35. The fourth-order valence-corrected chi connectivity index (χ4v) is 2.43. The smallest absolute Gasteiger partial charge is 0.167 e. The van der Waals surface area contributed by atoms with E-state index >= 15 is 0 Å². The number of nitrogens with two attached hydrogens (primary N) is 1. The van der Waals surface area contributed by atoms with E-state index in [0.717, 1.165) is 12.8 Å². The van der Waals surface area contributed by atoms with Crippen LogP contribution in [0.3, 0.4) is 0 Å². The van der Waals surface area contributed by atoms with Gasteiger partial charge in [-0.2, -0.15) is 0 Å². The van der Waals surface area contributed by atoms with E-state index in [2.05, 4.69) is 21.9 Å². The van der Waals surface area contributed by atoms with Crippen molar-refractivity contribution in [3.63, 3.8) is 0 Å². The SMILES string of the molecule is [CH2]CC[C@H]1O[C@@H](n2cnc3c(N)ncnc32)CC1O. The average molecular weight is 262 g/mol. The van der Waals surface area contributed by atoms with Gasteiger partial charge >= 0.3 is 0 Å². The van der Waals surface area contributed by atoms with Crippen molar-refractivity contribution in [2.75, 3.05) is 5.73 Å². The Morgan fingerprint density at radius 2 is 2.32 bits per heavy atom. The molecule has 1 aliphatic heterocycles. The highest BCUT2D eigenvalue weighted by atomic mass is 16.5. The third kappa shape index (κ3) is 2.04. The quantitative estimate of drug-likeness (QED) is 0.843. The molecule has 0 saturated carbocycles. The van der Waals surface area contributed by atoms with Crippen LogP contribution in [0.15, 0.2) is 12.7 Å². The summed E-state index contributed by atoms with van der Waals surface area (Å²) in [7, 11) is 0. The van der Waals surface area contributed by atoms with Gasteiger partial charge in [-0.05, 0) is 6.42 Å². The highest BCUT2D eigenvalue weighted by Crippen LogP contribution is 2.32. The summed E-state index contributed by atoms with van der Waals surface area (Å²) in [6.07, 6.45) is 4.07. The van der Waals surface area contributed by atoms with Crippen molar-refractivity contribution in [2.45, 2.75) is 37.7 Å². The van der Waals surface area contributed by atoms with Gasteiger partial charge in [0.1, 0.15) is 18.1 Å². The molecule has 3 atom stereocenters. The number of nitrogen functional groups attached to an aromatic ring is 1. The molecule has 1 aliphatic rings. The molecule has 1 fully saturated rings. The molecule has 2 aromatic heterocycles. The van der Waals surface area contributed by atoms with Gasteiger partial charge in [0.15, 0.2) is 11.5 Å². The van der Waals surface area contributed by atoms with Gasteiger partial charge in [0, 0.05) is 6.42 Å². The molecule has 0 aromatic carbocycles. The Labute approximate surface area is 110 Å². The molecule has 7 heteroatoms. The molecule has 1 unspecified atom stereocenters. The summed E-state index contributed by atoms with van der Waals surface area (Å²) in [5.74, 6) is 0.344. The van der Waals surface area contributed by atoms with Crippen LogP contribution < -0.4 is 5.73 Å². The van der Waals surface area contributed by atoms with Crippen LogP contribution in [-0.4, -0.2) is 36.8 Å². The summed E-state index contributed by atoms with van der Waals surface area (Å²) in [5.41, 5.74) is 6.93. The van der Waals surface area contributed by atoms with E-state index in [1.165, 1.54) is 6.33 Å². The first-order valence-corrected chi connectivity index (χ1v) is 6.26. The number of hydrogen-bond acceptors (Lipinski definition) is 6. The fourth-order valence-electron chi connectivity index (χ4n) is 2.43. The van der Waals surface area contributed by atoms with Crippen LogP contribution in [-0.2, 0) is 4.74 Å². The maximum absolute atomic E-state index is 9.97. The van der Waals surface area contributed by atoms with Crippen molar-refractivity contribution in [2.24, 2.45) is 0 Å². The minimum atomic E-state index is -0.483. The van der Waals surface area contributed by atoms with Crippen molar-refractivity contribution in [3.8, 4) is 0 Å². The van der Waals surface area contributed by atoms with Gasteiger partial charge in [-0.15, -0.1) is 0 Å². The molecule has 0 aliphatic carbocycles. The lowest BCUT2D eigenvalue weighted by atomic mass is 10.1. The Bertz CT molecular complexity index is 585. The number of aliphatic hydroxyl groups excluding tert-OH is 1. The summed E-state index contributed by atoms with van der Waals surface area (Å²) in [6, 6.07) is 0. The van der Waals surface area contributed by atoms with E-state index in [-0.39, 0.29) is 12.3 Å². The Morgan fingerprint density at radius 3 is 3.11 bits per heavy atom. The number of hydrogen-bond donors (Lipinski definition) is 2. The summed E-state index contributed by atoms with van der Waals surface area (Å²) < 4.78 is 7.63. The number of ether oxygens (including phenoxy) is 1. The summed E-state index contributed by atoms with van der Waals surface area (Å²) in [4.78, 5) is 12.3. The third-order valence-corrected chi connectivity index (χ3v) is 3.39. The van der Waals surface area contributed by atoms with Crippen LogP contribution in [0, 0.1) is 6.92 Å². The van der Waals surface area contributed by atoms with Gasteiger partial charge in [-0.3, -0.25) is 4.57 Å². The van der Waals surface area contributed by atoms with Crippen LogP contribution in [0.25, 0.3) is 11.2 Å². The van der Waals surface area contributed by atoms with Gasteiger partial charge in [0.05, 0.1) is 18.5 Å². The molecular formula is C12H16N5O2. The lowest BCUT2D eigenvalue weighted by Crippen LogP contribution is -2.20. The van der Waals surface area contributed by atoms with E-state index in [0.29, 0.717) is 23.4 Å². The topological polar surface area (TPSA) is 99.1 Å². The van der Waals surface area contributed by atoms with Gasteiger partial charge in [0.2, 0.25) is 0 Å². The van der Waals surface area contributed by atoms with Crippen molar-refractivity contribution in [1.29, 1.82) is 0 Å². The lowest BCUT2D eigenvalue weighted by molar-refractivity contribution is -0.0203. The third-order valence-electron chi connectivity index (χ3n) is 3.39. The van der Waals surface area contributed by atoms with Gasteiger partial charge in [-0.1, -0.05) is 13.3 Å². The molecule has 0 amide bonds. The largest absolute Gasteiger partial charge is 0.390 e. The van der Waals surface area contributed by atoms with Crippen molar-refractivity contribution in [1.82, 2.24) is 19.5 Å². The molecule has 1 radical (unpaired) electrons. The van der Waals surface area contributed by atoms with E-state index in [1.807, 2.05) is 0 Å². The van der Waals surface area contributed by atoms with Crippen LogP contribution in [0.1, 0.15) is 25.5 Å². The Hall–Kier alpha value is -1.73. The second-order valence-corrected chi connectivity index (χ2v) is 4.66. The van der Waals surface area contributed by atoms with Crippen LogP contribution in [0.2, 0.25) is 0 Å². The summed E-state index contributed by atoms with van der Waals surface area (Å²) >= 11 is 0. The molecule has 1 saturated heterocycles. The second-order valence-electron chi connectivity index (χ2n) is 4.66. The van der Waals surface area contributed by atoms with Crippen molar-refractivity contribution < 1.29 is 9.84 Å². The first kappa shape index (κ1) is 12.3.